The number of H-pyrrole nitrogens is 1. The van der Waals surface area contributed by atoms with Crippen molar-refractivity contribution in [1.29, 1.82) is 0 Å². The minimum absolute atomic E-state index is 0.0726. The van der Waals surface area contributed by atoms with E-state index in [1.807, 2.05) is 18.2 Å². The van der Waals surface area contributed by atoms with Crippen LogP contribution < -0.4 is 5.32 Å². The van der Waals surface area contributed by atoms with E-state index in [1.165, 1.54) is 12.1 Å². The molecule has 0 amide bonds. The number of halogens is 1. The Bertz CT molecular complexity index is 703. The second-order valence-corrected chi connectivity index (χ2v) is 4.31. The third-order valence-corrected chi connectivity index (χ3v) is 2.90. The number of anilines is 1. The van der Waals surface area contributed by atoms with Crippen molar-refractivity contribution >= 4 is 16.6 Å². The molecule has 0 radical (unpaired) electrons. The lowest BCUT2D eigenvalue weighted by atomic mass is 10.2. The van der Waals surface area contributed by atoms with Crippen molar-refractivity contribution in [1.82, 2.24) is 10.2 Å². The standard InChI is InChI=1S/C14H12FN3O/c15-11-4-9(5-12(19)6-11)7-16-13-3-1-2-10-8-17-18-14(10)13/h1-6,8,16,19H,7H2,(H,17,18). The summed E-state index contributed by atoms with van der Waals surface area (Å²) < 4.78 is 13.2. The number of hydrogen-bond donors (Lipinski definition) is 3. The number of nitrogens with zero attached hydrogens (tertiary/aromatic N) is 1. The number of phenolic OH excluding ortho intramolecular Hbond substituents is 1. The topological polar surface area (TPSA) is 60.9 Å². The molecule has 3 rings (SSSR count). The number of aromatic nitrogens is 2. The van der Waals surface area contributed by atoms with Gasteiger partial charge in [0.25, 0.3) is 0 Å². The summed E-state index contributed by atoms with van der Waals surface area (Å²) in [5, 5.41) is 20.4. The van der Waals surface area contributed by atoms with Gasteiger partial charge in [-0.3, -0.25) is 5.10 Å². The molecule has 2 aromatic carbocycles. The zero-order chi connectivity index (χ0) is 13.2. The van der Waals surface area contributed by atoms with E-state index in [-0.39, 0.29) is 5.75 Å². The van der Waals surface area contributed by atoms with Crippen LogP contribution in [0.3, 0.4) is 0 Å². The number of benzene rings is 2. The lowest BCUT2D eigenvalue weighted by Gasteiger charge is -2.08. The van der Waals surface area contributed by atoms with Crippen molar-refractivity contribution in [3.8, 4) is 5.75 Å². The van der Waals surface area contributed by atoms with Crippen LogP contribution in [0.2, 0.25) is 0 Å². The normalized spacial score (nSPS) is 10.8. The summed E-state index contributed by atoms with van der Waals surface area (Å²) in [6.07, 6.45) is 1.74. The van der Waals surface area contributed by atoms with E-state index in [9.17, 15) is 9.50 Å². The van der Waals surface area contributed by atoms with Gasteiger partial charge in [0, 0.05) is 18.0 Å². The Labute approximate surface area is 108 Å². The zero-order valence-electron chi connectivity index (χ0n) is 10.0. The molecular weight excluding hydrogens is 245 g/mol. The van der Waals surface area contributed by atoms with Crippen LogP contribution in [0, 0.1) is 5.82 Å². The first-order valence-electron chi connectivity index (χ1n) is 5.87. The summed E-state index contributed by atoms with van der Waals surface area (Å²) in [5.41, 5.74) is 2.47. The molecule has 19 heavy (non-hydrogen) atoms. The van der Waals surface area contributed by atoms with E-state index in [1.54, 1.807) is 6.20 Å². The van der Waals surface area contributed by atoms with E-state index < -0.39 is 5.82 Å². The van der Waals surface area contributed by atoms with Crippen LogP contribution in [0.15, 0.2) is 42.6 Å². The van der Waals surface area contributed by atoms with E-state index >= 15 is 0 Å². The molecule has 0 fully saturated rings. The lowest BCUT2D eigenvalue weighted by molar-refractivity contribution is 0.468. The van der Waals surface area contributed by atoms with Crippen molar-refractivity contribution < 1.29 is 9.50 Å². The van der Waals surface area contributed by atoms with Crippen molar-refractivity contribution in [3.05, 3.63) is 54.0 Å². The number of fused-ring (bicyclic) bond motifs is 1. The minimum Gasteiger partial charge on any atom is -0.508 e. The zero-order valence-corrected chi connectivity index (χ0v) is 10.0. The highest BCUT2D eigenvalue weighted by Gasteiger charge is 2.03. The molecular formula is C14H12FN3O. The van der Waals surface area contributed by atoms with Gasteiger partial charge in [0.2, 0.25) is 0 Å². The van der Waals surface area contributed by atoms with Gasteiger partial charge in [0.1, 0.15) is 11.6 Å². The summed E-state index contributed by atoms with van der Waals surface area (Å²) in [4.78, 5) is 0. The van der Waals surface area contributed by atoms with Crippen LogP contribution in [0.5, 0.6) is 5.75 Å². The van der Waals surface area contributed by atoms with Crippen LogP contribution in [-0.2, 0) is 6.54 Å². The molecule has 0 bridgehead atoms. The number of aromatic amines is 1. The monoisotopic (exact) mass is 257 g/mol. The predicted molar refractivity (Wildman–Crippen MR) is 71.5 cm³/mol. The number of hydrogen-bond acceptors (Lipinski definition) is 3. The predicted octanol–water partition coefficient (Wildman–Crippen LogP) is 3.02. The smallest absolute Gasteiger partial charge is 0.127 e. The molecule has 0 saturated heterocycles. The maximum Gasteiger partial charge on any atom is 0.127 e. The van der Waals surface area contributed by atoms with Crippen LogP contribution in [-0.4, -0.2) is 15.3 Å². The second kappa shape index (κ2) is 4.61. The Morgan fingerprint density at radius 1 is 1.26 bits per heavy atom. The van der Waals surface area contributed by atoms with Gasteiger partial charge in [-0.05, 0) is 23.8 Å². The summed E-state index contributed by atoms with van der Waals surface area (Å²) in [6.45, 7) is 0.420. The summed E-state index contributed by atoms with van der Waals surface area (Å²) >= 11 is 0. The molecule has 0 saturated carbocycles. The van der Waals surface area contributed by atoms with Crippen molar-refractivity contribution in [2.24, 2.45) is 0 Å². The van der Waals surface area contributed by atoms with Gasteiger partial charge in [-0.1, -0.05) is 12.1 Å². The SMILES string of the molecule is Oc1cc(F)cc(CNc2cccc3cn[nH]c23)c1. The molecule has 4 nitrogen and oxygen atoms in total. The maximum atomic E-state index is 13.2. The highest BCUT2D eigenvalue weighted by Crippen LogP contribution is 2.22. The fraction of sp³-hybridized carbons (Fsp3) is 0.0714. The fourth-order valence-electron chi connectivity index (χ4n) is 2.05. The first kappa shape index (κ1) is 11.5. The van der Waals surface area contributed by atoms with Crippen LogP contribution in [0.25, 0.3) is 10.9 Å². The van der Waals surface area contributed by atoms with Gasteiger partial charge < -0.3 is 10.4 Å². The molecule has 0 atom stereocenters. The van der Waals surface area contributed by atoms with E-state index in [0.717, 1.165) is 22.7 Å². The Balaban J connectivity index is 1.84. The summed E-state index contributed by atoms with van der Waals surface area (Å²) in [6, 6.07) is 9.79. The van der Waals surface area contributed by atoms with Gasteiger partial charge in [-0.25, -0.2) is 4.39 Å². The fourth-order valence-corrected chi connectivity index (χ4v) is 2.05. The van der Waals surface area contributed by atoms with Gasteiger partial charge in [0.15, 0.2) is 0 Å². The second-order valence-electron chi connectivity index (χ2n) is 4.31. The Hall–Kier alpha value is -2.56. The summed E-state index contributed by atoms with van der Waals surface area (Å²) in [5.74, 6) is -0.520. The molecule has 0 aliphatic heterocycles. The van der Waals surface area contributed by atoms with E-state index in [2.05, 4.69) is 15.5 Å². The lowest BCUT2D eigenvalue weighted by Crippen LogP contribution is -2.00. The molecule has 0 aliphatic rings. The van der Waals surface area contributed by atoms with Crippen molar-refractivity contribution in [2.45, 2.75) is 6.54 Å². The molecule has 5 heteroatoms. The molecule has 96 valence electrons. The summed E-state index contributed by atoms with van der Waals surface area (Å²) in [7, 11) is 0. The molecule has 0 unspecified atom stereocenters. The first-order valence-corrected chi connectivity index (χ1v) is 5.87. The Kier molecular flexibility index (Phi) is 2.79. The Morgan fingerprint density at radius 2 is 2.16 bits per heavy atom. The molecule has 3 aromatic rings. The van der Waals surface area contributed by atoms with E-state index in [4.69, 9.17) is 0 Å². The van der Waals surface area contributed by atoms with Crippen molar-refractivity contribution in [3.63, 3.8) is 0 Å². The van der Waals surface area contributed by atoms with Gasteiger partial charge in [-0.2, -0.15) is 5.10 Å². The average molecular weight is 257 g/mol. The maximum absolute atomic E-state index is 13.2. The molecule has 1 aromatic heterocycles. The van der Waals surface area contributed by atoms with Crippen LogP contribution in [0.4, 0.5) is 10.1 Å². The third kappa shape index (κ3) is 2.35. The third-order valence-electron chi connectivity index (χ3n) is 2.90. The average Bonchev–Trinajstić information content (AvgIpc) is 2.83. The molecule has 3 N–H and O–H groups in total. The number of aromatic hydroxyl groups is 1. The molecule has 0 aliphatic carbocycles. The Morgan fingerprint density at radius 3 is 3.00 bits per heavy atom. The number of para-hydroxylation sites is 1. The van der Waals surface area contributed by atoms with Gasteiger partial charge >= 0.3 is 0 Å². The first-order chi connectivity index (χ1) is 9.22. The quantitative estimate of drug-likeness (QED) is 0.676. The number of phenols is 1. The largest absolute Gasteiger partial charge is 0.508 e. The highest BCUT2D eigenvalue weighted by atomic mass is 19.1. The van der Waals surface area contributed by atoms with Crippen LogP contribution in [0.1, 0.15) is 5.56 Å². The van der Waals surface area contributed by atoms with E-state index in [0.29, 0.717) is 12.1 Å². The number of rotatable bonds is 3. The van der Waals surface area contributed by atoms with Crippen molar-refractivity contribution in [2.75, 3.05) is 5.32 Å². The van der Waals surface area contributed by atoms with Crippen LogP contribution >= 0.6 is 0 Å². The minimum atomic E-state index is -0.448. The van der Waals surface area contributed by atoms with Gasteiger partial charge in [-0.15, -0.1) is 0 Å². The number of nitrogens with one attached hydrogen (secondary N) is 2. The highest BCUT2D eigenvalue weighted by molar-refractivity contribution is 5.89. The molecule has 0 spiro atoms. The molecule has 1 heterocycles. The van der Waals surface area contributed by atoms with Gasteiger partial charge in [0.05, 0.1) is 17.4 Å².